The maximum Gasteiger partial charge on any atom is 0.154 e. The fourth-order valence-corrected chi connectivity index (χ4v) is 5.14. The first-order valence-corrected chi connectivity index (χ1v) is 11.5. The molecule has 5 rings (SSSR count). The molecule has 2 atom stereocenters. The Morgan fingerprint density at radius 1 is 1.32 bits per heavy atom. The Labute approximate surface area is 185 Å². The second kappa shape index (κ2) is 8.82. The number of thiophene rings is 1. The lowest BCUT2D eigenvalue weighted by Crippen LogP contribution is -2.41. The SMILES string of the molecule is CC1C(NCCN2CCOCC2)=CC=C2OC(c3cc4sccc4cn3)=C/C(=N\O)C21. The average Bonchev–Trinajstić information content (AvgIpc) is 3.28. The standard InChI is InChI=1S/C23H26N4O3S/c1-15-17(24-5-6-27-7-9-29-10-8-27)2-3-20-23(15)19(26-28)12-21(30-20)18-13-22-16(14-25-18)4-11-31-22/h2-4,11-15,23-24,28H,5-10H2,1H3/b26-19+. The highest BCUT2D eigenvalue weighted by molar-refractivity contribution is 7.17. The van der Waals surface area contributed by atoms with Gasteiger partial charge in [0, 0.05) is 60.2 Å². The number of oxime groups is 1. The van der Waals surface area contributed by atoms with Gasteiger partial charge in [-0.25, -0.2) is 0 Å². The van der Waals surface area contributed by atoms with Gasteiger partial charge < -0.3 is 20.0 Å². The summed E-state index contributed by atoms with van der Waals surface area (Å²) in [5, 5.41) is 20.1. The number of nitrogens with one attached hydrogen (secondary N) is 1. The normalized spacial score (nSPS) is 25.5. The van der Waals surface area contributed by atoms with Crippen molar-refractivity contribution < 1.29 is 14.7 Å². The van der Waals surface area contributed by atoms with E-state index in [1.165, 1.54) is 0 Å². The fraction of sp³-hybridized carbons (Fsp3) is 0.391. The number of aromatic nitrogens is 1. The van der Waals surface area contributed by atoms with Gasteiger partial charge in [0.15, 0.2) is 5.76 Å². The van der Waals surface area contributed by atoms with E-state index in [-0.39, 0.29) is 11.8 Å². The lowest BCUT2D eigenvalue weighted by Gasteiger charge is -2.35. The van der Waals surface area contributed by atoms with Crippen LogP contribution in [0.3, 0.4) is 0 Å². The Morgan fingerprint density at radius 2 is 2.19 bits per heavy atom. The molecule has 7 nitrogen and oxygen atoms in total. The van der Waals surface area contributed by atoms with Gasteiger partial charge in [-0.1, -0.05) is 12.1 Å². The van der Waals surface area contributed by atoms with Crippen molar-refractivity contribution in [3.63, 3.8) is 0 Å². The van der Waals surface area contributed by atoms with Gasteiger partial charge in [0.25, 0.3) is 0 Å². The number of morpholine rings is 1. The van der Waals surface area contributed by atoms with Gasteiger partial charge in [-0.05, 0) is 29.7 Å². The summed E-state index contributed by atoms with van der Waals surface area (Å²) >= 11 is 1.67. The molecule has 2 aliphatic heterocycles. The predicted octanol–water partition coefficient (Wildman–Crippen LogP) is 3.45. The van der Waals surface area contributed by atoms with E-state index < -0.39 is 0 Å². The van der Waals surface area contributed by atoms with Crippen LogP contribution in [0.1, 0.15) is 12.6 Å². The molecule has 2 unspecified atom stereocenters. The van der Waals surface area contributed by atoms with Crippen LogP contribution in [0.5, 0.6) is 0 Å². The molecular formula is C23H26N4O3S. The van der Waals surface area contributed by atoms with Crippen LogP contribution in [0.15, 0.2) is 58.5 Å². The molecule has 2 aromatic rings. The van der Waals surface area contributed by atoms with E-state index in [0.29, 0.717) is 11.5 Å². The summed E-state index contributed by atoms with van der Waals surface area (Å²) in [6, 6.07) is 4.07. The number of fused-ring (bicyclic) bond motifs is 2. The summed E-state index contributed by atoms with van der Waals surface area (Å²) in [7, 11) is 0. The Hall–Kier alpha value is -2.68. The smallest absolute Gasteiger partial charge is 0.154 e. The summed E-state index contributed by atoms with van der Waals surface area (Å²) in [6.45, 7) is 7.56. The van der Waals surface area contributed by atoms with Crippen LogP contribution in [0.4, 0.5) is 0 Å². The first-order valence-electron chi connectivity index (χ1n) is 10.6. The van der Waals surface area contributed by atoms with Crippen LogP contribution in [0.25, 0.3) is 15.8 Å². The highest BCUT2D eigenvalue weighted by atomic mass is 32.1. The van der Waals surface area contributed by atoms with Crippen molar-refractivity contribution >= 4 is 32.9 Å². The van der Waals surface area contributed by atoms with Crippen molar-refractivity contribution in [3.8, 4) is 0 Å². The summed E-state index contributed by atoms with van der Waals surface area (Å²) in [5.41, 5.74) is 2.46. The Morgan fingerprint density at radius 3 is 3.03 bits per heavy atom. The molecule has 162 valence electrons. The zero-order valence-corrected chi connectivity index (χ0v) is 18.3. The lowest BCUT2D eigenvalue weighted by molar-refractivity contribution is 0.0386. The highest BCUT2D eigenvalue weighted by Gasteiger charge is 2.36. The van der Waals surface area contributed by atoms with Crippen molar-refractivity contribution in [1.29, 1.82) is 0 Å². The number of pyridine rings is 1. The van der Waals surface area contributed by atoms with Gasteiger partial charge >= 0.3 is 0 Å². The molecule has 0 saturated carbocycles. The molecule has 2 N–H and O–H groups in total. The molecule has 1 aliphatic carbocycles. The van der Waals surface area contributed by atoms with Gasteiger partial charge in [-0.2, -0.15) is 0 Å². The number of rotatable bonds is 5. The molecule has 1 fully saturated rings. The van der Waals surface area contributed by atoms with E-state index in [2.05, 4.69) is 33.4 Å². The van der Waals surface area contributed by atoms with Crippen molar-refractivity contribution in [1.82, 2.24) is 15.2 Å². The third-order valence-electron chi connectivity index (χ3n) is 6.12. The van der Waals surface area contributed by atoms with E-state index in [1.807, 2.05) is 29.8 Å². The number of hydrogen-bond acceptors (Lipinski definition) is 8. The zero-order chi connectivity index (χ0) is 21.2. The molecule has 2 aromatic heterocycles. The van der Waals surface area contributed by atoms with Crippen molar-refractivity contribution in [3.05, 3.63) is 59.1 Å². The second-order valence-electron chi connectivity index (χ2n) is 8.00. The summed E-state index contributed by atoms with van der Waals surface area (Å²) < 4.78 is 12.8. The average molecular weight is 439 g/mol. The monoisotopic (exact) mass is 438 g/mol. The topological polar surface area (TPSA) is 79.2 Å². The van der Waals surface area contributed by atoms with Crippen LogP contribution in [-0.4, -0.2) is 60.2 Å². The lowest BCUT2D eigenvalue weighted by atomic mass is 9.80. The molecule has 0 bridgehead atoms. The molecule has 3 aliphatic rings. The van der Waals surface area contributed by atoms with Crippen molar-refractivity contribution in [2.24, 2.45) is 17.0 Å². The summed E-state index contributed by atoms with van der Waals surface area (Å²) in [4.78, 5) is 6.94. The van der Waals surface area contributed by atoms with Gasteiger partial charge in [0.2, 0.25) is 0 Å². The minimum atomic E-state index is -0.130. The van der Waals surface area contributed by atoms with E-state index in [4.69, 9.17) is 9.47 Å². The van der Waals surface area contributed by atoms with Crippen LogP contribution >= 0.6 is 11.3 Å². The molecule has 4 heterocycles. The zero-order valence-electron chi connectivity index (χ0n) is 17.5. The Bertz CT molecular complexity index is 1080. The van der Waals surface area contributed by atoms with E-state index >= 15 is 0 Å². The van der Waals surface area contributed by atoms with Crippen LogP contribution < -0.4 is 5.32 Å². The minimum absolute atomic E-state index is 0.112. The highest BCUT2D eigenvalue weighted by Crippen LogP contribution is 2.39. The summed E-state index contributed by atoms with van der Waals surface area (Å²) in [6.07, 6.45) is 7.70. The predicted molar refractivity (Wildman–Crippen MR) is 122 cm³/mol. The Kier molecular flexibility index (Phi) is 5.76. The number of hydrogen-bond donors (Lipinski definition) is 2. The molecule has 8 heteroatoms. The molecule has 1 saturated heterocycles. The van der Waals surface area contributed by atoms with Crippen LogP contribution in [0.2, 0.25) is 0 Å². The number of nitrogens with zero attached hydrogens (tertiary/aromatic N) is 3. The maximum absolute atomic E-state index is 9.77. The molecule has 31 heavy (non-hydrogen) atoms. The molecular weight excluding hydrogens is 412 g/mol. The maximum atomic E-state index is 9.77. The molecule has 0 aromatic carbocycles. The van der Waals surface area contributed by atoms with Crippen molar-refractivity contribution in [2.75, 3.05) is 39.4 Å². The molecule has 0 spiro atoms. The van der Waals surface area contributed by atoms with E-state index in [1.54, 1.807) is 17.4 Å². The van der Waals surface area contributed by atoms with E-state index in [0.717, 1.165) is 66.6 Å². The first-order chi connectivity index (χ1) is 15.2. The van der Waals surface area contributed by atoms with Gasteiger partial charge in [0.05, 0.1) is 24.8 Å². The van der Waals surface area contributed by atoms with E-state index in [9.17, 15) is 5.21 Å². The van der Waals surface area contributed by atoms with Gasteiger partial charge in [-0.15, -0.1) is 11.3 Å². The molecule has 0 amide bonds. The summed E-state index contributed by atoms with van der Waals surface area (Å²) in [5.74, 6) is 1.37. The largest absolute Gasteiger partial charge is 0.459 e. The van der Waals surface area contributed by atoms with Crippen molar-refractivity contribution in [2.45, 2.75) is 6.92 Å². The first kappa shape index (κ1) is 20.2. The van der Waals surface area contributed by atoms with Gasteiger partial charge in [0.1, 0.15) is 11.5 Å². The third-order valence-corrected chi connectivity index (χ3v) is 7.00. The Balaban J connectivity index is 1.32. The second-order valence-corrected chi connectivity index (χ2v) is 8.95. The number of allylic oxidation sites excluding steroid dienone is 5. The fourth-order valence-electron chi connectivity index (χ4n) is 4.34. The minimum Gasteiger partial charge on any atom is -0.459 e. The van der Waals surface area contributed by atoms with Gasteiger partial charge in [-0.3, -0.25) is 9.88 Å². The quantitative estimate of drug-likeness (QED) is 0.550. The third kappa shape index (κ3) is 4.11. The number of ether oxygens (including phenoxy) is 2. The van der Waals surface area contributed by atoms with Crippen LogP contribution in [-0.2, 0) is 9.47 Å². The molecule has 0 radical (unpaired) electrons. The van der Waals surface area contributed by atoms with Crippen LogP contribution in [0, 0.1) is 11.8 Å².